The molecule has 1 saturated carbocycles. The van der Waals surface area contributed by atoms with Crippen molar-refractivity contribution in [3.05, 3.63) is 34.1 Å². The Balaban J connectivity index is 1.75. The second kappa shape index (κ2) is 5.96. The Morgan fingerprint density at radius 3 is 2.88 bits per heavy atom. The van der Waals surface area contributed by atoms with E-state index in [9.17, 15) is 4.39 Å². The van der Waals surface area contributed by atoms with Gasteiger partial charge in [0, 0.05) is 10.5 Å². The maximum absolute atomic E-state index is 13.6. The zero-order valence-corrected chi connectivity index (χ0v) is 11.8. The average molecular weight is 300 g/mol. The third-order valence-corrected chi connectivity index (χ3v) is 3.75. The standard InChI is InChI=1S/C14H19BrFN/c1-10(9-17-13-6-7-13)2-3-11-4-5-12(15)8-14(11)16/h4-5,8,10,13,17H,2-3,6-7,9H2,1H3. The molecule has 1 atom stereocenters. The van der Waals surface area contributed by atoms with Gasteiger partial charge in [0.15, 0.2) is 0 Å². The van der Waals surface area contributed by atoms with E-state index < -0.39 is 0 Å². The number of benzene rings is 1. The number of nitrogens with one attached hydrogen (secondary N) is 1. The summed E-state index contributed by atoms with van der Waals surface area (Å²) in [6.07, 6.45) is 4.52. The molecule has 0 aliphatic heterocycles. The van der Waals surface area contributed by atoms with Gasteiger partial charge in [-0.1, -0.05) is 28.9 Å². The molecule has 0 bridgehead atoms. The first-order valence-electron chi connectivity index (χ1n) is 6.32. The van der Waals surface area contributed by atoms with Crippen molar-refractivity contribution in [1.29, 1.82) is 0 Å². The number of hydrogen-bond donors (Lipinski definition) is 1. The summed E-state index contributed by atoms with van der Waals surface area (Å²) in [5.41, 5.74) is 0.825. The van der Waals surface area contributed by atoms with Gasteiger partial charge in [-0.15, -0.1) is 0 Å². The largest absolute Gasteiger partial charge is 0.314 e. The topological polar surface area (TPSA) is 12.0 Å². The van der Waals surface area contributed by atoms with Crippen molar-refractivity contribution in [2.24, 2.45) is 5.92 Å². The van der Waals surface area contributed by atoms with Crippen LogP contribution in [0.4, 0.5) is 4.39 Å². The van der Waals surface area contributed by atoms with E-state index in [0.717, 1.165) is 35.5 Å². The minimum Gasteiger partial charge on any atom is -0.314 e. The molecular weight excluding hydrogens is 281 g/mol. The lowest BCUT2D eigenvalue weighted by atomic mass is 10.0. The van der Waals surface area contributed by atoms with Crippen LogP contribution in [0, 0.1) is 11.7 Å². The molecule has 1 unspecified atom stereocenters. The highest BCUT2D eigenvalue weighted by Gasteiger charge is 2.20. The predicted molar refractivity (Wildman–Crippen MR) is 72.6 cm³/mol. The third-order valence-electron chi connectivity index (χ3n) is 3.25. The molecule has 1 fully saturated rings. The van der Waals surface area contributed by atoms with Gasteiger partial charge >= 0.3 is 0 Å². The van der Waals surface area contributed by atoms with Crippen LogP contribution in [0.5, 0.6) is 0 Å². The SMILES string of the molecule is CC(CCc1ccc(Br)cc1F)CNC1CC1. The number of rotatable bonds is 6. The predicted octanol–water partition coefficient (Wildman–Crippen LogP) is 3.91. The molecular formula is C14H19BrFN. The Morgan fingerprint density at radius 2 is 2.24 bits per heavy atom. The van der Waals surface area contributed by atoms with Gasteiger partial charge in [-0.05, 0) is 55.8 Å². The molecule has 0 amide bonds. The molecule has 17 heavy (non-hydrogen) atoms. The summed E-state index contributed by atoms with van der Waals surface area (Å²) in [5.74, 6) is 0.514. The summed E-state index contributed by atoms with van der Waals surface area (Å²) < 4.78 is 14.4. The van der Waals surface area contributed by atoms with E-state index in [1.54, 1.807) is 6.07 Å². The lowest BCUT2D eigenvalue weighted by Gasteiger charge is -2.12. The smallest absolute Gasteiger partial charge is 0.127 e. The highest BCUT2D eigenvalue weighted by molar-refractivity contribution is 9.10. The highest BCUT2D eigenvalue weighted by Crippen LogP contribution is 2.20. The highest BCUT2D eigenvalue weighted by atomic mass is 79.9. The van der Waals surface area contributed by atoms with Crippen molar-refractivity contribution in [1.82, 2.24) is 5.32 Å². The van der Waals surface area contributed by atoms with Crippen LogP contribution in [0.1, 0.15) is 31.7 Å². The summed E-state index contributed by atoms with van der Waals surface area (Å²) >= 11 is 3.27. The molecule has 0 radical (unpaired) electrons. The Morgan fingerprint density at radius 1 is 1.47 bits per heavy atom. The minimum atomic E-state index is -0.0956. The van der Waals surface area contributed by atoms with Gasteiger partial charge in [0.2, 0.25) is 0 Å². The van der Waals surface area contributed by atoms with Gasteiger partial charge < -0.3 is 5.32 Å². The van der Waals surface area contributed by atoms with Crippen molar-refractivity contribution >= 4 is 15.9 Å². The first kappa shape index (κ1) is 13.0. The van der Waals surface area contributed by atoms with Crippen molar-refractivity contribution in [3.8, 4) is 0 Å². The normalized spacial score (nSPS) is 17.1. The van der Waals surface area contributed by atoms with E-state index in [1.807, 2.05) is 12.1 Å². The van der Waals surface area contributed by atoms with E-state index in [-0.39, 0.29) is 5.82 Å². The van der Waals surface area contributed by atoms with Crippen LogP contribution in [0.2, 0.25) is 0 Å². The Hall–Kier alpha value is -0.410. The Kier molecular flexibility index (Phi) is 4.57. The van der Waals surface area contributed by atoms with E-state index in [4.69, 9.17) is 0 Å². The first-order valence-corrected chi connectivity index (χ1v) is 7.12. The molecule has 1 aromatic carbocycles. The number of aryl methyl sites for hydroxylation is 1. The summed E-state index contributed by atoms with van der Waals surface area (Å²) in [6.45, 7) is 3.29. The van der Waals surface area contributed by atoms with Crippen LogP contribution < -0.4 is 5.32 Å². The van der Waals surface area contributed by atoms with Crippen molar-refractivity contribution in [3.63, 3.8) is 0 Å². The molecule has 1 N–H and O–H groups in total. The van der Waals surface area contributed by atoms with Gasteiger partial charge in [-0.2, -0.15) is 0 Å². The first-order chi connectivity index (χ1) is 8.15. The van der Waals surface area contributed by atoms with Gasteiger partial charge in [0.05, 0.1) is 0 Å². The second-order valence-corrected chi connectivity index (χ2v) is 5.98. The lowest BCUT2D eigenvalue weighted by Crippen LogP contribution is -2.23. The van der Waals surface area contributed by atoms with Gasteiger partial charge in [0.25, 0.3) is 0 Å². The molecule has 94 valence electrons. The van der Waals surface area contributed by atoms with E-state index in [0.29, 0.717) is 5.92 Å². The van der Waals surface area contributed by atoms with Crippen molar-refractivity contribution < 1.29 is 4.39 Å². The van der Waals surface area contributed by atoms with E-state index >= 15 is 0 Å². The molecule has 1 aromatic rings. The van der Waals surface area contributed by atoms with E-state index in [2.05, 4.69) is 28.2 Å². The number of hydrogen-bond acceptors (Lipinski definition) is 1. The average Bonchev–Trinajstić information content (AvgIpc) is 3.09. The molecule has 0 spiro atoms. The second-order valence-electron chi connectivity index (χ2n) is 5.06. The molecule has 1 nitrogen and oxygen atoms in total. The van der Waals surface area contributed by atoms with Gasteiger partial charge in [-0.3, -0.25) is 0 Å². The Bertz CT molecular complexity index is 376. The molecule has 0 aromatic heterocycles. The summed E-state index contributed by atoms with van der Waals surface area (Å²) in [5, 5.41) is 3.52. The molecule has 3 heteroatoms. The Labute approximate surface area is 111 Å². The maximum atomic E-state index is 13.6. The maximum Gasteiger partial charge on any atom is 0.127 e. The fourth-order valence-electron chi connectivity index (χ4n) is 1.88. The molecule has 0 heterocycles. The lowest BCUT2D eigenvalue weighted by molar-refractivity contribution is 0.474. The van der Waals surface area contributed by atoms with Gasteiger partial charge in [0.1, 0.15) is 5.82 Å². The van der Waals surface area contributed by atoms with Crippen molar-refractivity contribution in [2.75, 3.05) is 6.54 Å². The fraction of sp³-hybridized carbons (Fsp3) is 0.571. The van der Waals surface area contributed by atoms with Crippen LogP contribution in [0.25, 0.3) is 0 Å². The quantitative estimate of drug-likeness (QED) is 0.840. The molecule has 1 aliphatic rings. The van der Waals surface area contributed by atoms with Crippen molar-refractivity contribution in [2.45, 2.75) is 38.6 Å². The van der Waals surface area contributed by atoms with Crippen LogP contribution >= 0.6 is 15.9 Å². The fourth-order valence-corrected chi connectivity index (χ4v) is 2.22. The summed E-state index contributed by atoms with van der Waals surface area (Å²) in [4.78, 5) is 0. The molecule has 1 aliphatic carbocycles. The minimum absolute atomic E-state index is 0.0956. The van der Waals surface area contributed by atoms with Crippen LogP contribution in [0.3, 0.4) is 0 Å². The molecule has 2 rings (SSSR count). The van der Waals surface area contributed by atoms with Crippen LogP contribution in [-0.4, -0.2) is 12.6 Å². The summed E-state index contributed by atoms with van der Waals surface area (Å²) in [6, 6.07) is 6.09. The van der Waals surface area contributed by atoms with Crippen LogP contribution in [0.15, 0.2) is 22.7 Å². The van der Waals surface area contributed by atoms with Gasteiger partial charge in [-0.25, -0.2) is 4.39 Å². The zero-order valence-electron chi connectivity index (χ0n) is 10.2. The van der Waals surface area contributed by atoms with Crippen LogP contribution in [-0.2, 0) is 6.42 Å². The third kappa shape index (κ3) is 4.40. The summed E-state index contributed by atoms with van der Waals surface area (Å²) in [7, 11) is 0. The van der Waals surface area contributed by atoms with E-state index in [1.165, 1.54) is 12.8 Å². The molecule has 0 saturated heterocycles. The number of halogens is 2. The zero-order chi connectivity index (χ0) is 12.3. The monoisotopic (exact) mass is 299 g/mol.